The number of benzene rings is 1. The second-order valence-corrected chi connectivity index (χ2v) is 3.84. The first-order chi connectivity index (χ1) is 6.20. The van der Waals surface area contributed by atoms with Gasteiger partial charge in [-0.2, -0.15) is 0 Å². The Labute approximate surface area is 77.8 Å². The Hall–Kier alpha value is -0.890. The molecule has 1 fully saturated rings. The van der Waals surface area contributed by atoms with E-state index < -0.39 is 0 Å². The second-order valence-electron chi connectivity index (χ2n) is 3.84. The van der Waals surface area contributed by atoms with Crippen LogP contribution < -0.4 is 5.73 Å². The molecule has 0 radical (unpaired) electrons. The highest BCUT2D eigenvalue weighted by Gasteiger charge is 2.31. The zero-order valence-electron chi connectivity index (χ0n) is 7.76. The number of halogens is 1. The maximum absolute atomic E-state index is 13.6. The Morgan fingerprint density at radius 1 is 1.46 bits per heavy atom. The quantitative estimate of drug-likeness (QED) is 0.741. The van der Waals surface area contributed by atoms with Crippen LogP contribution in [0.3, 0.4) is 0 Å². The van der Waals surface area contributed by atoms with Crippen molar-refractivity contribution in [2.75, 3.05) is 0 Å². The Morgan fingerprint density at radius 3 is 2.77 bits per heavy atom. The van der Waals surface area contributed by atoms with Gasteiger partial charge in [0.1, 0.15) is 5.82 Å². The average Bonchev–Trinajstić information content (AvgIpc) is 2.91. The van der Waals surface area contributed by atoms with E-state index in [0.717, 1.165) is 12.8 Å². The van der Waals surface area contributed by atoms with E-state index in [1.807, 2.05) is 6.07 Å². The van der Waals surface area contributed by atoms with Gasteiger partial charge in [0, 0.05) is 11.6 Å². The van der Waals surface area contributed by atoms with Gasteiger partial charge in [0.25, 0.3) is 0 Å². The summed E-state index contributed by atoms with van der Waals surface area (Å²) in [5, 5.41) is 0. The molecule has 1 nitrogen and oxygen atoms in total. The molecule has 0 aromatic heterocycles. The first kappa shape index (κ1) is 8.70. The van der Waals surface area contributed by atoms with E-state index in [1.165, 1.54) is 0 Å². The van der Waals surface area contributed by atoms with Crippen LogP contribution in [0.5, 0.6) is 0 Å². The summed E-state index contributed by atoms with van der Waals surface area (Å²) in [6.45, 7) is 1.78. The molecule has 2 N–H and O–H groups in total. The molecule has 1 aliphatic carbocycles. The third kappa shape index (κ3) is 1.59. The molecule has 0 bridgehead atoms. The summed E-state index contributed by atoms with van der Waals surface area (Å²) in [6, 6.07) is 5.35. The Balaban J connectivity index is 2.32. The predicted molar refractivity (Wildman–Crippen MR) is 50.8 cm³/mol. The Kier molecular flexibility index (Phi) is 2.08. The van der Waals surface area contributed by atoms with Gasteiger partial charge >= 0.3 is 0 Å². The summed E-state index contributed by atoms with van der Waals surface area (Å²) >= 11 is 0. The normalized spacial score (nSPS) is 18.7. The SMILES string of the molecule is Cc1cccc([C@H](N)C2CC2)c1F. The van der Waals surface area contributed by atoms with Gasteiger partial charge in [-0.1, -0.05) is 18.2 Å². The van der Waals surface area contributed by atoms with E-state index in [2.05, 4.69) is 0 Å². The molecule has 0 saturated heterocycles. The molecule has 70 valence electrons. The van der Waals surface area contributed by atoms with Gasteiger partial charge in [0.15, 0.2) is 0 Å². The van der Waals surface area contributed by atoms with Crippen molar-refractivity contribution in [2.24, 2.45) is 11.7 Å². The molecule has 0 spiro atoms. The molecule has 1 aliphatic rings. The van der Waals surface area contributed by atoms with Gasteiger partial charge < -0.3 is 5.73 Å². The van der Waals surface area contributed by atoms with Crippen LogP contribution >= 0.6 is 0 Å². The summed E-state index contributed by atoms with van der Waals surface area (Å²) < 4.78 is 13.6. The molecule has 2 heteroatoms. The Bertz CT molecular complexity index is 318. The van der Waals surface area contributed by atoms with Crippen LogP contribution in [0.4, 0.5) is 4.39 Å². The lowest BCUT2D eigenvalue weighted by Crippen LogP contribution is -2.14. The first-order valence-corrected chi connectivity index (χ1v) is 4.70. The van der Waals surface area contributed by atoms with Crippen molar-refractivity contribution in [1.82, 2.24) is 0 Å². The molecular formula is C11H14FN. The van der Waals surface area contributed by atoms with Crippen molar-refractivity contribution in [2.45, 2.75) is 25.8 Å². The number of hydrogen-bond donors (Lipinski definition) is 1. The lowest BCUT2D eigenvalue weighted by molar-refractivity contribution is 0.548. The lowest BCUT2D eigenvalue weighted by atomic mass is 10.0. The molecule has 1 aromatic rings. The third-order valence-electron chi connectivity index (χ3n) is 2.71. The van der Waals surface area contributed by atoms with Gasteiger partial charge in [0.05, 0.1) is 0 Å². The highest BCUT2D eigenvalue weighted by atomic mass is 19.1. The highest BCUT2D eigenvalue weighted by Crippen LogP contribution is 2.40. The van der Waals surface area contributed by atoms with Crippen molar-refractivity contribution in [3.8, 4) is 0 Å². The monoisotopic (exact) mass is 179 g/mol. The fourth-order valence-electron chi connectivity index (χ4n) is 1.64. The molecule has 0 amide bonds. The van der Waals surface area contributed by atoms with Crippen LogP contribution in [0.2, 0.25) is 0 Å². The van der Waals surface area contributed by atoms with Crippen LogP contribution in [0.15, 0.2) is 18.2 Å². The topological polar surface area (TPSA) is 26.0 Å². The minimum Gasteiger partial charge on any atom is -0.324 e. The van der Waals surface area contributed by atoms with E-state index in [-0.39, 0.29) is 11.9 Å². The molecule has 1 saturated carbocycles. The largest absolute Gasteiger partial charge is 0.324 e. The maximum atomic E-state index is 13.6. The average molecular weight is 179 g/mol. The van der Waals surface area contributed by atoms with Crippen molar-refractivity contribution >= 4 is 0 Å². The molecular weight excluding hydrogens is 165 g/mol. The van der Waals surface area contributed by atoms with E-state index in [1.54, 1.807) is 19.1 Å². The zero-order valence-corrected chi connectivity index (χ0v) is 7.76. The molecule has 0 aliphatic heterocycles. The van der Waals surface area contributed by atoms with E-state index >= 15 is 0 Å². The fraction of sp³-hybridized carbons (Fsp3) is 0.455. The van der Waals surface area contributed by atoms with Crippen LogP contribution in [0.1, 0.15) is 30.0 Å². The van der Waals surface area contributed by atoms with Crippen molar-refractivity contribution in [3.63, 3.8) is 0 Å². The van der Waals surface area contributed by atoms with E-state index in [4.69, 9.17) is 5.73 Å². The molecule has 1 atom stereocenters. The van der Waals surface area contributed by atoms with Gasteiger partial charge in [-0.3, -0.25) is 0 Å². The van der Waals surface area contributed by atoms with Crippen molar-refractivity contribution in [3.05, 3.63) is 35.1 Å². The van der Waals surface area contributed by atoms with E-state index in [9.17, 15) is 4.39 Å². The first-order valence-electron chi connectivity index (χ1n) is 4.70. The summed E-state index contributed by atoms with van der Waals surface area (Å²) in [5.41, 5.74) is 7.30. The van der Waals surface area contributed by atoms with Gasteiger partial charge in [-0.05, 0) is 31.2 Å². The fourth-order valence-corrected chi connectivity index (χ4v) is 1.64. The summed E-state index contributed by atoms with van der Waals surface area (Å²) in [5.74, 6) is 0.387. The van der Waals surface area contributed by atoms with Crippen molar-refractivity contribution < 1.29 is 4.39 Å². The van der Waals surface area contributed by atoms with Crippen LogP contribution in [-0.2, 0) is 0 Å². The predicted octanol–water partition coefficient (Wildman–Crippen LogP) is 2.54. The van der Waals surface area contributed by atoms with E-state index in [0.29, 0.717) is 17.0 Å². The minimum atomic E-state index is -0.123. The van der Waals surface area contributed by atoms with Gasteiger partial charge in [-0.25, -0.2) is 4.39 Å². The molecule has 1 aromatic carbocycles. The number of rotatable bonds is 2. The van der Waals surface area contributed by atoms with Crippen LogP contribution in [0.25, 0.3) is 0 Å². The second kappa shape index (κ2) is 3.11. The summed E-state index contributed by atoms with van der Waals surface area (Å²) in [7, 11) is 0. The van der Waals surface area contributed by atoms with Crippen LogP contribution in [-0.4, -0.2) is 0 Å². The van der Waals surface area contributed by atoms with Gasteiger partial charge in [-0.15, -0.1) is 0 Å². The standard InChI is InChI=1S/C11H14FN/c1-7-3-2-4-9(10(7)12)11(13)8-5-6-8/h2-4,8,11H,5-6,13H2,1H3/t11-/m1/s1. The Morgan fingerprint density at radius 2 is 2.15 bits per heavy atom. The molecule has 2 rings (SSSR count). The molecule has 0 heterocycles. The minimum absolute atomic E-state index is 0.0973. The smallest absolute Gasteiger partial charge is 0.130 e. The molecule has 13 heavy (non-hydrogen) atoms. The molecule has 0 unspecified atom stereocenters. The number of nitrogens with two attached hydrogens (primary N) is 1. The zero-order chi connectivity index (χ0) is 9.42. The van der Waals surface area contributed by atoms with Crippen molar-refractivity contribution in [1.29, 1.82) is 0 Å². The highest BCUT2D eigenvalue weighted by molar-refractivity contribution is 5.28. The maximum Gasteiger partial charge on any atom is 0.130 e. The lowest BCUT2D eigenvalue weighted by Gasteiger charge is -2.12. The number of aryl methyl sites for hydroxylation is 1. The van der Waals surface area contributed by atoms with Gasteiger partial charge in [0.2, 0.25) is 0 Å². The summed E-state index contributed by atoms with van der Waals surface area (Å²) in [6.07, 6.45) is 2.29. The van der Waals surface area contributed by atoms with Crippen LogP contribution in [0, 0.1) is 18.7 Å². The third-order valence-corrected chi connectivity index (χ3v) is 2.71. The summed E-state index contributed by atoms with van der Waals surface area (Å²) in [4.78, 5) is 0. The number of hydrogen-bond acceptors (Lipinski definition) is 1.